The van der Waals surface area contributed by atoms with Crippen LogP contribution < -0.4 is 0 Å². The molecule has 0 atom stereocenters. The van der Waals surface area contributed by atoms with Gasteiger partial charge in [0.2, 0.25) is 0 Å². The maximum absolute atomic E-state index is 10.6. The zero-order valence-corrected chi connectivity index (χ0v) is 8.58. The number of aryl methyl sites for hydroxylation is 1. The van der Waals surface area contributed by atoms with Gasteiger partial charge in [0.05, 0.1) is 17.4 Å². The zero-order chi connectivity index (χ0) is 11.7. The second kappa shape index (κ2) is 3.69. The Morgan fingerprint density at radius 3 is 2.38 bits per heavy atom. The van der Waals surface area contributed by atoms with Crippen molar-refractivity contribution in [2.45, 2.75) is 6.92 Å². The molecule has 16 heavy (non-hydrogen) atoms. The number of benzene rings is 1. The van der Waals surface area contributed by atoms with Crippen molar-refractivity contribution in [3.05, 3.63) is 41.7 Å². The number of rotatable bonds is 2. The van der Waals surface area contributed by atoms with Crippen molar-refractivity contribution in [1.29, 1.82) is 0 Å². The Labute approximate surface area is 91.6 Å². The Bertz CT molecular complexity index is 509. The van der Waals surface area contributed by atoms with Crippen molar-refractivity contribution in [1.82, 2.24) is 9.78 Å². The number of carboxylic acids is 1. The first kappa shape index (κ1) is 10.2. The van der Waals surface area contributed by atoms with Crippen LogP contribution >= 0.6 is 0 Å². The molecule has 0 unspecified atom stereocenters. The molecule has 2 N–H and O–H groups in total. The number of carbonyl (C=O) groups is 1. The molecule has 2 rings (SSSR count). The van der Waals surface area contributed by atoms with Crippen LogP contribution in [-0.4, -0.2) is 26.0 Å². The summed E-state index contributed by atoms with van der Waals surface area (Å²) in [5.41, 5.74) is 1.45. The molecule has 0 radical (unpaired) electrons. The van der Waals surface area contributed by atoms with E-state index in [1.54, 1.807) is 19.1 Å². The number of nitrogens with zero attached hydrogens (tertiary/aromatic N) is 2. The minimum atomic E-state index is -0.967. The molecule has 0 aliphatic carbocycles. The van der Waals surface area contributed by atoms with Gasteiger partial charge >= 0.3 is 5.97 Å². The van der Waals surface area contributed by atoms with Gasteiger partial charge in [0.15, 0.2) is 5.75 Å². The molecular weight excluding hydrogens is 208 g/mol. The summed E-state index contributed by atoms with van der Waals surface area (Å²) in [4.78, 5) is 10.6. The van der Waals surface area contributed by atoms with E-state index < -0.39 is 5.97 Å². The molecule has 2 aromatic rings. The molecule has 82 valence electrons. The summed E-state index contributed by atoms with van der Waals surface area (Å²) in [5, 5.41) is 22.2. The highest BCUT2D eigenvalue weighted by atomic mass is 16.4. The summed E-state index contributed by atoms with van der Waals surface area (Å²) >= 11 is 0. The molecule has 0 aliphatic rings. The maximum Gasteiger partial charge on any atom is 0.335 e. The predicted molar refractivity (Wildman–Crippen MR) is 56.9 cm³/mol. The largest absolute Gasteiger partial charge is 0.504 e. The molecule has 0 saturated carbocycles. The molecule has 0 aliphatic heterocycles. The minimum absolute atomic E-state index is 0.113. The van der Waals surface area contributed by atoms with Gasteiger partial charge in [0.25, 0.3) is 0 Å². The van der Waals surface area contributed by atoms with E-state index in [2.05, 4.69) is 5.10 Å². The van der Waals surface area contributed by atoms with Crippen LogP contribution in [0.2, 0.25) is 0 Å². The van der Waals surface area contributed by atoms with E-state index in [0.29, 0.717) is 11.4 Å². The fourth-order valence-electron chi connectivity index (χ4n) is 1.34. The summed E-state index contributed by atoms with van der Waals surface area (Å²) in [7, 11) is 0. The van der Waals surface area contributed by atoms with Crippen LogP contribution in [0.3, 0.4) is 0 Å². The van der Waals surface area contributed by atoms with Crippen LogP contribution in [0.1, 0.15) is 16.1 Å². The van der Waals surface area contributed by atoms with E-state index in [9.17, 15) is 9.90 Å². The number of carboxylic acid groups (broad SMARTS) is 1. The molecule has 0 saturated heterocycles. The predicted octanol–water partition coefficient (Wildman–Crippen LogP) is 1.58. The van der Waals surface area contributed by atoms with E-state index in [0.717, 1.165) is 0 Å². The molecular formula is C11H10N2O3. The SMILES string of the molecule is Cc1nn(-c2ccc(C(=O)O)cc2)cc1O. The molecule has 0 spiro atoms. The standard InChI is InChI=1S/C11H10N2O3/c1-7-10(14)6-13(12-7)9-4-2-8(3-5-9)11(15)16/h2-6,14H,1H3,(H,15,16). The first-order chi connectivity index (χ1) is 7.58. The average molecular weight is 218 g/mol. The van der Waals surface area contributed by atoms with Gasteiger partial charge in [0.1, 0.15) is 5.69 Å². The van der Waals surface area contributed by atoms with Crippen molar-refractivity contribution in [3.63, 3.8) is 0 Å². The van der Waals surface area contributed by atoms with Gasteiger partial charge < -0.3 is 10.2 Å². The van der Waals surface area contributed by atoms with Crippen LogP contribution in [0.4, 0.5) is 0 Å². The van der Waals surface area contributed by atoms with E-state index in [4.69, 9.17) is 5.11 Å². The topological polar surface area (TPSA) is 75.4 Å². The molecule has 1 aromatic carbocycles. The third-order valence-electron chi connectivity index (χ3n) is 2.25. The number of hydrogen-bond acceptors (Lipinski definition) is 3. The number of aromatic carboxylic acids is 1. The molecule has 1 heterocycles. The Morgan fingerprint density at radius 2 is 1.94 bits per heavy atom. The fraction of sp³-hybridized carbons (Fsp3) is 0.0909. The monoisotopic (exact) mass is 218 g/mol. The summed E-state index contributed by atoms with van der Waals surface area (Å²) in [6.45, 7) is 1.69. The van der Waals surface area contributed by atoms with Crippen LogP contribution in [0, 0.1) is 6.92 Å². The van der Waals surface area contributed by atoms with Crippen molar-refractivity contribution >= 4 is 5.97 Å². The number of aromatic nitrogens is 2. The summed E-state index contributed by atoms with van der Waals surface area (Å²) < 4.78 is 1.50. The highest BCUT2D eigenvalue weighted by molar-refractivity contribution is 5.87. The van der Waals surface area contributed by atoms with Crippen molar-refractivity contribution in [2.24, 2.45) is 0 Å². The molecule has 0 amide bonds. The zero-order valence-electron chi connectivity index (χ0n) is 8.58. The Balaban J connectivity index is 2.38. The lowest BCUT2D eigenvalue weighted by atomic mass is 10.2. The second-order valence-electron chi connectivity index (χ2n) is 3.40. The lowest BCUT2D eigenvalue weighted by Gasteiger charge is -2.00. The normalized spacial score (nSPS) is 10.3. The number of aromatic hydroxyl groups is 1. The minimum Gasteiger partial charge on any atom is -0.504 e. The van der Waals surface area contributed by atoms with Gasteiger partial charge in [0, 0.05) is 0 Å². The molecule has 5 heteroatoms. The van der Waals surface area contributed by atoms with Crippen LogP contribution in [0.5, 0.6) is 5.75 Å². The highest BCUT2D eigenvalue weighted by Gasteiger charge is 2.06. The average Bonchev–Trinajstić information content (AvgIpc) is 2.59. The fourth-order valence-corrected chi connectivity index (χ4v) is 1.34. The second-order valence-corrected chi connectivity index (χ2v) is 3.40. The van der Waals surface area contributed by atoms with Gasteiger partial charge in [-0.25, -0.2) is 9.48 Å². The third-order valence-corrected chi connectivity index (χ3v) is 2.25. The first-order valence-electron chi connectivity index (χ1n) is 4.67. The third kappa shape index (κ3) is 1.75. The maximum atomic E-state index is 10.6. The lowest BCUT2D eigenvalue weighted by molar-refractivity contribution is 0.0697. The summed E-state index contributed by atoms with van der Waals surface area (Å²) in [6.07, 6.45) is 1.48. The lowest BCUT2D eigenvalue weighted by Crippen LogP contribution is -1.98. The Kier molecular flexibility index (Phi) is 2.36. The van der Waals surface area contributed by atoms with Gasteiger partial charge in [-0.1, -0.05) is 0 Å². The van der Waals surface area contributed by atoms with E-state index in [1.807, 2.05) is 0 Å². The van der Waals surface area contributed by atoms with Gasteiger partial charge in [-0.3, -0.25) is 0 Å². The van der Waals surface area contributed by atoms with Crippen LogP contribution in [0.15, 0.2) is 30.5 Å². The Morgan fingerprint density at radius 1 is 1.31 bits per heavy atom. The smallest absolute Gasteiger partial charge is 0.335 e. The number of hydrogen-bond donors (Lipinski definition) is 2. The molecule has 5 nitrogen and oxygen atoms in total. The molecule has 0 bridgehead atoms. The summed E-state index contributed by atoms with van der Waals surface area (Å²) in [6, 6.07) is 6.25. The Hall–Kier alpha value is -2.30. The summed E-state index contributed by atoms with van der Waals surface area (Å²) in [5.74, 6) is -0.853. The van der Waals surface area contributed by atoms with Crippen LogP contribution in [0.25, 0.3) is 5.69 Å². The van der Waals surface area contributed by atoms with Gasteiger partial charge in [-0.15, -0.1) is 0 Å². The van der Waals surface area contributed by atoms with E-state index in [1.165, 1.54) is 23.0 Å². The van der Waals surface area contributed by atoms with Crippen LogP contribution in [-0.2, 0) is 0 Å². The van der Waals surface area contributed by atoms with Crippen molar-refractivity contribution in [2.75, 3.05) is 0 Å². The highest BCUT2D eigenvalue weighted by Crippen LogP contribution is 2.17. The van der Waals surface area contributed by atoms with E-state index in [-0.39, 0.29) is 11.3 Å². The van der Waals surface area contributed by atoms with Gasteiger partial charge in [-0.2, -0.15) is 5.10 Å². The first-order valence-corrected chi connectivity index (χ1v) is 4.67. The van der Waals surface area contributed by atoms with Gasteiger partial charge in [-0.05, 0) is 31.2 Å². The van der Waals surface area contributed by atoms with E-state index >= 15 is 0 Å². The quantitative estimate of drug-likeness (QED) is 0.802. The van der Waals surface area contributed by atoms with Crippen molar-refractivity contribution < 1.29 is 15.0 Å². The van der Waals surface area contributed by atoms with Crippen molar-refractivity contribution in [3.8, 4) is 11.4 Å². The molecule has 1 aromatic heterocycles. The molecule has 0 fully saturated rings.